The van der Waals surface area contributed by atoms with Crippen molar-refractivity contribution in [2.75, 3.05) is 26.2 Å². The van der Waals surface area contributed by atoms with Gasteiger partial charge in [0.1, 0.15) is 17.6 Å². The van der Waals surface area contributed by atoms with Crippen LogP contribution in [0.25, 0.3) is 0 Å². The first kappa shape index (κ1) is 35.2. The SMILES string of the molecule is C.CCOc1cc(C(C)(C)C)ccc1C1=N[C@@H](c2ccc(Cl)cc2)[C@@H](c2ccc(Cl)cc2)N1C(=O)N1CCNC(=O)CC1.Cl. The van der Waals surface area contributed by atoms with Gasteiger partial charge in [-0.25, -0.2) is 4.79 Å². The van der Waals surface area contributed by atoms with Gasteiger partial charge in [0.15, 0.2) is 0 Å². The zero-order valence-electron chi connectivity index (χ0n) is 24.8. The summed E-state index contributed by atoms with van der Waals surface area (Å²) in [6.45, 7) is 9.97. The number of ether oxygens (including phenoxy) is 1. The smallest absolute Gasteiger partial charge is 0.326 e. The lowest BCUT2D eigenvalue weighted by molar-refractivity contribution is -0.120. The molecule has 44 heavy (non-hydrogen) atoms. The van der Waals surface area contributed by atoms with E-state index in [4.69, 9.17) is 32.9 Å². The standard InChI is InChI=1S/C33H36Cl2N4O3.CH4.ClH/c1-5-42-27-20-23(33(2,3)4)10-15-26(27)31-37-29(21-6-11-24(34)12-7-21)30(22-8-13-25(35)14-9-22)39(31)32(41)38-18-16-28(40)36-17-19-38;;/h6-15,20,29-30H,5,16-19H2,1-4H3,(H,36,40);1H4;1H/t29-,30+;;/m0../s1. The van der Waals surface area contributed by atoms with Crippen molar-refractivity contribution in [3.05, 3.63) is 99.0 Å². The molecule has 1 N–H and O–H groups in total. The Labute approximate surface area is 277 Å². The minimum atomic E-state index is -0.477. The Balaban J connectivity index is 0.00000264. The van der Waals surface area contributed by atoms with E-state index in [2.05, 4.69) is 32.2 Å². The van der Waals surface area contributed by atoms with Gasteiger partial charge in [-0.15, -0.1) is 12.4 Å². The molecule has 2 heterocycles. The number of amides is 3. The fraction of sp³-hybridized carbons (Fsp3) is 0.382. The highest BCUT2D eigenvalue weighted by Gasteiger charge is 2.44. The third-order valence-electron chi connectivity index (χ3n) is 7.67. The third-order valence-corrected chi connectivity index (χ3v) is 8.17. The number of aliphatic imine (C=N–C) groups is 1. The molecule has 1 saturated heterocycles. The van der Waals surface area contributed by atoms with Crippen LogP contribution in [0.5, 0.6) is 5.75 Å². The van der Waals surface area contributed by atoms with Crippen LogP contribution in [0, 0.1) is 0 Å². The Hall–Kier alpha value is -3.26. The average Bonchev–Trinajstić information content (AvgIpc) is 3.21. The van der Waals surface area contributed by atoms with E-state index in [1.165, 1.54) is 0 Å². The third kappa shape index (κ3) is 7.51. The number of carbonyl (C=O) groups is 2. The van der Waals surface area contributed by atoms with E-state index < -0.39 is 12.1 Å². The summed E-state index contributed by atoms with van der Waals surface area (Å²) in [5.41, 5.74) is 3.56. The Morgan fingerprint density at radius 2 is 1.59 bits per heavy atom. The largest absolute Gasteiger partial charge is 0.493 e. The maximum absolute atomic E-state index is 14.6. The number of hydrogen-bond acceptors (Lipinski definition) is 4. The number of urea groups is 1. The highest BCUT2D eigenvalue weighted by Crippen LogP contribution is 2.46. The molecule has 10 heteroatoms. The zero-order chi connectivity index (χ0) is 30.0. The molecule has 3 amide bonds. The summed E-state index contributed by atoms with van der Waals surface area (Å²) in [4.78, 5) is 35.5. The van der Waals surface area contributed by atoms with E-state index in [-0.39, 0.29) is 43.6 Å². The Morgan fingerprint density at radius 3 is 2.18 bits per heavy atom. The summed E-state index contributed by atoms with van der Waals surface area (Å²) in [6, 6.07) is 20.1. The number of amidine groups is 1. The summed E-state index contributed by atoms with van der Waals surface area (Å²) >= 11 is 12.5. The molecular weight excluding hydrogens is 619 g/mol. The monoisotopic (exact) mass is 658 g/mol. The lowest BCUT2D eigenvalue weighted by atomic mass is 9.86. The van der Waals surface area contributed by atoms with E-state index in [9.17, 15) is 9.59 Å². The van der Waals surface area contributed by atoms with E-state index in [0.717, 1.165) is 22.3 Å². The minimum Gasteiger partial charge on any atom is -0.493 e. The van der Waals surface area contributed by atoms with Crippen LogP contribution in [0.3, 0.4) is 0 Å². The highest BCUT2D eigenvalue weighted by atomic mass is 35.5. The van der Waals surface area contributed by atoms with Crippen LogP contribution in [0.15, 0.2) is 71.7 Å². The van der Waals surface area contributed by atoms with Gasteiger partial charge in [-0.2, -0.15) is 0 Å². The van der Waals surface area contributed by atoms with Crippen molar-refractivity contribution in [2.24, 2.45) is 4.99 Å². The van der Waals surface area contributed by atoms with E-state index in [0.29, 0.717) is 47.9 Å². The molecule has 2 aliphatic rings. The van der Waals surface area contributed by atoms with Gasteiger partial charge in [0.25, 0.3) is 0 Å². The molecule has 0 aliphatic carbocycles. The molecule has 0 radical (unpaired) electrons. The summed E-state index contributed by atoms with van der Waals surface area (Å²) in [5, 5.41) is 4.09. The molecule has 3 aromatic carbocycles. The number of benzene rings is 3. The maximum Gasteiger partial charge on any atom is 0.326 e. The summed E-state index contributed by atoms with van der Waals surface area (Å²) in [5.74, 6) is 1.12. The number of nitrogens with one attached hydrogen (secondary N) is 1. The lowest BCUT2D eigenvalue weighted by Gasteiger charge is -2.34. The predicted molar refractivity (Wildman–Crippen MR) is 182 cm³/mol. The van der Waals surface area contributed by atoms with Gasteiger partial charge in [-0.1, -0.05) is 81.7 Å². The molecule has 5 rings (SSSR count). The number of carbonyl (C=O) groups excluding carboxylic acids is 2. The predicted octanol–water partition coefficient (Wildman–Crippen LogP) is 8.23. The molecule has 2 atom stereocenters. The van der Waals surface area contributed by atoms with E-state index in [1.54, 1.807) is 9.80 Å². The van der Waals surface area contributed by atoms with E-state index >= 15 is 0 Å². The first-order chi connectivity index (χ1) is 20.1. The van der Waals surface area contributed by atoms with E-state index in [1.807, 2.05) is 67.6 Å². The number of halogens is 3. The van der Waals surface area contributed by atoms with Crippen molar-refractivity contribution >= 4 is 53.4 Å². The molecule has 0 saturated carbocycles. The van der Waals surface area contributed by atoms with Crippen LogP contribution >= 0.6 is 35.6 Å². The fourth-order valence-corrected chi connectivity index (χ4v) is 5.67. The van der Waals surface area contributed by atoms with Gasteiger partial charge in [-0.3, -0.25) is 14.7 Å². The molecule has 1 fully saturated rings. The van der Waals surface area contributed by atoms with Gasteiger partial charge in [-0.05, 0) is 65.4 Å². The molecule has 0 bridgehead atoms. The number of nitrogens with zero attached hydrogens (tertiary/aromatic N) is 3. The summed E-state index contributed by atoms with van der Waals surface area (Å²) in [7, 11) is 0. The topological polar surface area (TPSA) is 74.2 Å². The van der Waals surface area contributed by atoms with Crippen LogP contribution in [0.1, 0.15) is 75.9 Å². The molecule has 0 spiro atoms. The summed E-state index contributed by atoms with van der Waals surface area (Å²) in [6.07, 6.45) is 0.239. The van der Waals surface area contributed by atoms with Crippen LogP contribution < -0.4 is 10.1 Å². The molecular formula is C34H41Cl3N4O3. The first-order valence-corrected chi connectivity index (χ1v) is 15.0. The fourth-order valence-electron chi connectivity index (χ4n) is 5.41. The lowest BCUT2D eigenvalue weighted by Crippen LogP contribution is -2.47. The Bertz CT molecular complexity index is 1490. The quantitative estimate of drug-likeness (QED) is 0.300. The van der Waals surface area contributed by atoms with Crippen molar-refractivity contribution < 1.29 is 14.3 Å². The molecule has 7 nitrogen and oxygen atoms in total. The molecule has 236 valence electrons. The van der Waals surface area contributed by atoms with Crippen LogP contribution in [0.2, 0.25) is 10.0 Å². The van der Waals surface area contributed by atoms with Gasteiger partial charge in [0.2, 0.25) is 5.91 Å². The maximum atomic E-state index is 14.6. The number of hydrogen-bond donors (Lipinski definition) is 1. The second-order valence-corrected chi connectivity index (χ2v) is 12.5. The Morgan fingerprint density at radius 1 is 0.977 bits per heavy atom. The van der Waals surface area contributed by atoms with Gasteiger partial charge in [0.05, 0.1) is 18.2 Å². The number of rotatable bonds is 5. The van der Waals surface area contributed by atoms with Crippen molar-refractivity contribution in [3.63, 3.8) is 0 Å². The van der Waals surface area contributed by atoms with Crippen molar-refractivity contribution in [1.29, 1.82) is 0 Å². The molecule has 0 unspecified atom stereocenters. The molecule has 0 aromatic heterocycles. The van der Waals surface area contributed by atoms with Gasteiger partial charge >= 0.3 is 6.03 Å². The van der Waals surface area contributed by atoms with Crippen LogP contribution in [0.4, 0.5) is 4.79 Å². The molecule has 2 aliphatic heterocycles. The summed E-state index contributed by atoms with van der Waals surface area (Å²) < 4.78 is 6.18. The second kappa shape index (κ2) is 14.7. The van der Waals surface area contributed by atoms with Gasteiger partial charge in [0, 0.05) is 36.1 Å². The highest BCUT2D eigenvalue weighted by molar-refractivity contribution is 6.30. The minimum absolute atomic E-state index is 0. The van der Waals surface area contributed by atoms with Crippen LogP contribution in [-0.4, -0.2) is 53.8 Å². The van der Waals surface area contributed by atoms with Crippen molar-refractivity contribution in [3.8, 4) is 5.75 Å². The Kier molecular flexibility index (Phi) is 11.8. The van der Waals surface area contributed by atoms with Crippen LogP contribution in [-0.2, 0) is 10.2 Å². The average molecular weight is 660 g/mol. The van der Waals surface area contributed by atoms with Crippen molar-refractivity contribution in [2.45, 2.75) is 59.0 Å². The van der Waals surface area contributed by atoms with Crippen molar-refractivity contribution in [1.82, 2.24) is 15.1 Å². The zero-order valence-corrected chi connectivity index (χ0v) is 27.1. The normalized spacial score (nSPS) is 18.4. The first-order valence-electron chi connectivity index (χ1n) is 14.3. The molecule has 3 aromatic rings. The second-order valence-electron chi connectivity index (χ2n) is 11.6. The van der Waals surface area contributed by atoms with Gasteiger partial charge < -0.3 is 15.0 Å².